The minimum atomic E-state index is -0.171. The zero-order valence-corrected chi connectivity index (χ0v) is 14.8. The molecule has 0 aromatic heterocycles. The summed E-state index contributed by atoms with van der Waals surface area (Å²) in [4.78, 5) is 26.1. The maximum atomic E-state index is 12.5. The second kappa shape index (κ2) is 6.97. The summed E-state index contributed by atoms with van der Waals surface area (Å²) in [5.41, 5.74) is 4.22. The van der Waals surface area contributed by atoms with Gasteiger partial charge in [0.2, 0.25) is 5.91 Å². The lowest BCUT2D eigenvalue weighted by Crippen LogP contribution is -2.24. The Hall–Kier alpha value is -2.82. The Morgan fingerprint density at radius 3 is 2.56 bits per heavy atom. The van der Waals surface area contributed by atoms with E-state index in [-0.39, 0.29) is 11.8 Å². The summed E-state index contributed by atoms with van der Waals surface area (Å²) in [5, 5.41) is 2.89. The first-order valence-corrected chi connectivity index (χ1v) is 8.36. The van der Waals surface area contributed by atoms with Gasteiger partial charge in [-0.25, -0.2) is 0 Å². The van der Waals surface area contributed by atoms with Gasteiger partial charge in [0.05, 0.1) is 12.8 Å². The molecule has 1 saturated heterocycles. The molecule has 1 N–H and O–H groups in total. The molecule has 1 aliphatic heterocycles. The average Bonchev–Trinajstić information content (AvgIpc) is 3.03. The Morgan fingerprint density at radius 2 is 1.92 bits per heavy atom. The lowest BCUT2D eigenvalue weighted by Gasteiger charge is -2.19. The van der Waals surface area contributed by atoms with E-state index in [1.54, 1.807) is 24.1 Å². The Kier molecular flexibility index (Phi) is 4.74. The van der Waals surface area contributed by atoms with Gasteiger partial charge in [0, 0.05) is 30.3 Å². The number of nitrogens with zero attached hydrogens (tertiary/aromatic N) is 1. The smallest absolute Gasteiger partial charge is 0.255 e. The highest BCUT2D eigenvalue weighted by molar-refractivity contribution is 6.05. The van der Waals surface area contributed by atoms with Crippen LogP contribution in [-0.2, 0) is 4.79 Å². The number of rotatable bonds is 4. The maximum absolute atomic E-state index is 12.5. The van der Waals surface area contributed by atoms with Crippen molar-refractivity contribution in [2.45, 2.75) is 26.7 Å². The van der Waals surface area contributed by atoms with Crippen molar-refractivity contribution in [2.24, 2.45) is 0 Å². The fourth-order valence-electron chi connectivity index (χ4n) is 2.97. The Bertz CT molecular complexity index is 830. The van der Waals surface area contributed by atoms with Crippen LogP contribution in [0.5, 0.6) is 5.75 Å². The zero-order valence-electron chi connectivity index (χ0n) is 14.8. The van der Waals surface area contributed by atoms with E-state index in [9.17, 15) is 9.59 Å². The van der Waals surface area contributed by atoms with Gasteiger partial charge in [-0.15, -0.1) is 0 Å². The summed E-state index contributed by atoms with van der Waals surface area (Å²) < 4.78 is 5.42. The molecule has 2 aromatic carbocycles. The van der Waals surface area contributed by atoms with Crippen molar-refractivity contribution in [3.63, 3.8) is 0 Å². The van der Waals surface area contributed by atoms with Crippen LogP contribution in [0.15, 0.2) is 36.4 Å². The number of aryl methyl sites for hydroxylation is 2. The summed E-state index contributed by atoms with van der Waals surface area (Å²) in [7, 11) is 1.56. The number of carbonyl (C=O) groups is 2. The number of amides is 2. The topological polar surface area (TPSA) is 58.6 Å². The highest BCUT2D eigenvalue weighted by atomic mass is 16.5. The van der Waals surface area contributed by atoms with Gasteiger partial charge in [-0.3, -0.25) is 9.59 Å². The third-order valence-corrected chi connectivity index (χ3v) is 4.57. The summed E-state index contributed by atoms with van der Waals surface area (Å²) in [5.74, 6) is 0.508. The summed E-state index contributed by atoms with van der Waals surface area (Å²) in [6.45, 7) is 4.70. The van der Waals surface area contributed by atoms with Crippen molar-refractivity contribution < 1.29 is 14.3 Å². The number of ether oxygens (including phenoxy) is 1. The molecule has 0 spiro atoms. The number of carbonyl (C=O) groups excluding carboxylic acids is 2. The van der Waals surface area contributed by atoms with Crippen LogP contribution in [-0.4, -0.2) is 25.5 Å². The van der Waals surface area contributed by atoms with Gasteiger partial charge >= 0.3 is 0 Å². The first kappa shape index (κ1) is 17.0. The van der Waals surface area contributed by atoms with Crippen LogP contribution < -0.4 is 15.0 Å². The number of benzene rings is 2. The third-order valence-electron chi connectivity index (χ3n) is 4.57. The summed E-state index contributed by atoms with van der Waals surface area (Å²) >= 11 is 0. The molecule has 2 aromatic rings. The van der Waals surface area contributed by atoms with Gasteiger partial charge in [-0.1, -0.05) is 6.07 Å². The average molecular weight is 338 g/mol. The second-order valence-electron chi connectivity index (χ2n) is 6.29. The van der Waals surface area contributed by atoms with E-state index in [1.807, 2.05) is 38.1 Å². The second-order valence-corrected chi connectivity index (χ2v) is 6.29. The van der Waals surface area contributed by atoms with Gasteiger partial charge in [0.1, 0.15) is 5.75 Å². The quantitative estimate of drug-likeness (QED) is 0.925. The van der Waals surface area contributed by atoms with E-state index in [0.29, 0.717) is 30.0 Å². The fourth-order valence-corrected chi connectivity index (χ4v) is 2.97. The Balaban J connectivity index is 1.82. The van der Waals surface area contributed by atoms with Crippen molar-refractivity contribution in [1.29, 1.82) is 0 Å². The lowest BCUT2D eigenvalue weighted by molar-refractivity contribution is -0.117. The number of methoxy groups -OCH3 is 1. The Morgan fingerprint density at radius 1 is 1.12 bits per heavy atom. The molecule has 1 aliphatic rings. The lowest BCUT2D eigenvalue weighted by atomic mass is 10.1. The van der Waals surface area contributed by atoms with Crippen molar-refractivity contribution in [3.05, 3.63) is 53.1 Å². The van der Waals surface area contributed by atoms with Gasteiger partial charge in [-0.2, -0.15) is 0 Å². The van der Waals surface area contributed by atoms with E-state index in [4.69, 9.17) is 4.74 Å². The summed E-state index contributed by atoms with van der Waals surface area (Å²) in [6.07, 6.45) is 1.42. The predicted octanol–water partition coefficient (Wildman–Crippen LogP) is 3.69. The standard InChI is InChI=1S/C20H22N2O3/c1-13-6-7-15(11-14(13)2)20(24)21-16-8-9-17(18(12-16)25-3)22-10-4-5-19(22)23/h6-9,11-12H,4-5,10H2,1-3H3,(H,21,24). The normalized spacial score (nSPS) is 13.9. The van der Waals surface area contributed by atoms with E-state index >= 15 is 0 Å². The van der Waals surface area contributed by atoms with Crippen LogP contribution in [0.2, 0.25) is 0 Å². The predicted molar refractivity (Wildman–Crippen MR) is 98.5 cm³/mol. The molecule has 0 bridgehead atoms. The monoisotopic (exact) mass is 338 g/mol. The van der Waals surface area contributed by atoms with E-state index < -0.39 is 0 Å². The van der Waals surface area contributed by atoms with Crippen LogP contribution in [0, 0.1) is 13.8 Å². The third kappa shape index (κ3) is 3.50. The first-order valence-electron chi connectivity index (χ1n) is 8.36. The number of anilines is 2. The highest BCUT2D eigenvalue weighted by Crippen LogP contribution is 2.34. The molecule has 5 nitrogen and oxygen atoms in total. The van der Waals surface area contributed by atoms with Crippen molar-refractivity contribution in [2.75, 3.05) is 23.9 Å². The van der Waals surface area contributed by atoms with Gasteiger partial charge in [0.25, 0.3) is 5.91 Å². The molecule has 3 rings (SSSR count). The van der Waals surface area contributed by atoms with Crippen LogP contribution >= 0.6 is 0 Å². The minimum absolute atomic E-state index is 0.102. The van der Waals surface area contributed by atoms with E-state index in [0.717, 1.165) is 23.2 Å². The largest absolute Gasteiger partial charge is 0.494 e. The zero-order chi connectivity index (χ0) is 18.0. The van der Waals surface area contributed by atoms with E-state index in [1.165, 1.54) is 0 Å². The molecular weight excluding hydrogens is 316 g/mol. The molecule has 1 fully saturated rings. The van der Waals surface area contributed by atoms with Gasteiger partial charge < -0.3 is 15.0 Å². The molecule has 130 valence electrons. The molecule has 0 radical (unpaired) electrons. The van der Waals surface area contributed by atoms with Gasteiger partial charge in [0.15, 0.2) is 0 Å². The van der Waals surface area contributed by atoms with Crippen LogP contribution in [0.1, 0.15) is 34.3 Å². The molecule has 0 unspecified atom stereocenters. The summed E-state index contributed by atoms with van der Waals surface area (Å²) in [6, 6.07) is 11.0. The van der Waals surface area contributed by atoms with Crippen molar-refractivity contribution in [3.8, 4) is 5.75 Å². The molecule has 5 heteroatoms. The molecule has 1 heterocycles. The van der Waals surface area contributed by atoms with Crippen molar-refractivity contribution in [1.82, 2.24) is 0 Å². The number of hydrogen-bond acceptors (Lipinski definition) is 3. The van der Waals surface area contributed by atoms with Gasteiger partial charge in [-0.05, 0) is 55.7 Å². The van der Waals surface area contributed by atoms with Crippen LogP contribution in [0.4, 0.5) is 11.4 Å². The van der Waals surface area contributed by atoms with Crippen LogP contribution in [0.3, 0.4) is 0 Å². The fraction of sp³-hybridized carbons (Fsp3) is 0.300. The molecule has 0 atom stereocenters. The first-order chi connectivity index (χ1) is 12.0. The number of hydrogen-bond donors (Lipinski definition) is 1. The molecule has 0 saturated carbocycles. The Labute approximate surface area is 147 Å². The maximum Gasteiger partial charge on any atom is 0.255 e. The number of nitrogens with one attached hydrogen (secondary N) is 1. The van der Waals surface area contributed by atoms with Crippen LogP contribution in [0.25, 0.3) is 0 Å². The van der Waals surface area contributed by atoms with E-state index in [2.05, 4.69) is 5.32 Å². The molecular formula is C20H22N2O3. The molecule has 25 heavy (non-hydrogen) atoms. The molecule has 0 aliphatic carbocycles. The SMILES string of the molecule is COc1cc(NC(=O)c2ccc(C)c(C)c2)ccc1N1CCCC1=O. The minimum Gasteiger partial charge on any atom is -0.494 e. The van der Waals surface area contributed by atoms with Crippen molar-refractivity contribution >= 4 is 23.2 Å². The molecule has 2 amide bonds. The highest BCUT2D eigenvalue weighted by Gasteiger charge is 2.24.